The first kappa shape index (κ1) is 16.2. The molecule has 0 amide bonds. The fourth-order valence-corrected chi connectivity index (χ4v) is 2.08. The molecule has 108 valence electrons. The Labute approximate surface area is 118 Å². The zero-order chi connectivity index (χ0) is 13.9. The van der Waals surface area contributed by atoms with Gasteiger partial charge in [-0.1, -0.05) is 43.2 Å². The van der Waals surface area contributed by atoms with Gasteiger partial charge in [-0.2, -0.15) is 0 Å². The minimum absolute atomic E-state index is 0.551. The van der Waals surface area contributed by atoms with Crippen LogP contribution in [-0.2, 0) is 11.2 Å². The molecule has 19 heavy (non-hydrogen) atoms. The van der Waals surface area contributed by atoms with Crippen LogP contribution in [0.25, 0.3) is 0 Å². The number of ether oxygens (including phenoxy) is 1. The van der Waals surface area contributed by atoms with Crippen LogP contribution in [0.15, 0.2) is 24.3 Å². The van der Waals surface area contributed by atoms with E-state index in [-0.39, 0.29) is 0 Å². The third kappa shape index (κ3) is 8.02. The lowest BCUT2D eigenvalue weighted by atomic mass is 10.0. The molecule has 1 N–H and O–H groups in total. The molecule has 1 unspecified atom stereocenters. The van der Waals surface area contributed by atoms with Crippen LogP contribution in [0.1, 0.15) is 44.2 Å². The first-order valence-corrected chi connectivity index (χ1v) is 7.59. The Kier molecular flexibility index (Phi) is 8.52. The molecule has 0 aliphatic rings. The van der Waals surface area contributed by atoms with E-state index in [0.717, 1.165) is 26.2 Å². The molecule has 0 radical (unpaired) electrons. The Balaban J connectivity index is 2.06. The minimum Gasteiger partial charge on any atom is -0.380 e. The molecule has 0 fully saturated rings. The van der Waals surface area contributed by atoms with Crippen molar-refractivity contribution in [2.75, 3.05) is 19.8 Å². The van der Waals surface area contributed by atoms with Gasteiger partial charge in [0.05, 0.1) is 6.61 Å². The topological polar surface area (TPSA) is 21.3 Å². The molecular weight excluding hydrogens is 234 g/mol. The lowest BCUT2D eigenvalue weighted by Crippen LogP contribution is -2.30. The van der Waals surface area contributed by atoms with Crippen molar-refractivity contribution in [3.05, 3.63) is 35.4 Å². The molecular formula is C17H29NO. The highest BCUT2D eigenvalue weighted by Crippen LogP contribution is 2.07. The zero-order valence-electron chi connectivity index (χ0n) is 12.7. The Morgan fingerprint density at radius 1 is 1.26 bits per heavy atom. The van der Waals surface area contributed by atoms with Gasteiger partial charge in [0.15, 0.2) is 0 Å². The van der Waals surface area contributed by atoms with Gasteiger partial charge in [-0.15, -0.1) is 0 Å². The highest BCUT2D eigenvalue weighted by Gasteiger charge is 2.02. The lowest BCUT2D eigenvalue weighted by molar-refractivity contribution is 0.131. The van der Waals surface area contributed by atoms with Crippen LogP contribution in [0, 0.1) is 6.92 Å². The molecule has 1 atom stereocenters. The SMILES string of the molecule is CCCCOCCNC(C)CCc1cccc(C)c1. The summed E-state index contributed by atoms with van der Waals surface area (Å²) < 4.78 is 5.54. The maximum atomic E-state index is 5.54. The summed E-state index contributed by atoms with van der Waals surface area (Å²) in [7, 11) is 0. The number of rotatable bonds is 10. The maximum Gasteiger partial charge on any atom is 0.0590 e. The molecule has 1 aromatic rings. The smallest absolute Gasteiger partial charge is 0.0590 e. The Bertz CT molecular complexity index is 338. The van der Waals surface area contributed by atoms with Crippen molar-refractivity contribution in [2.45, 2.75) is 52.5 Å². The predicted octanol–water partition coefficient (Wildman–Crippen LogP) is 3.72. The predicted molar refractivity (Wildman–Crippen MR) is 82.7 cm³/mol. The van der Waals surface area contributed by atoms with Crippen LogP contribution in [0.2, 0.25) is 0 Å². The highest BCUT2D eigenvalue weighted by atomic mass is 16.5. The van der Waals surface area contributed by atoms with Gasteiger partial charge >= 0.3 is 0 Å². The van der Waals surface area contributed by atoms with Gasteiger partial charge in [0.1, 0.15) is 0 Å². The minimum atomic E-state index is 0.551. The maximum absolute atomic E-state index is 5.54. The summed E-state index contributed by atoms with van der Waals surface area (Å²) in [5.41, 5.74) is 2.79. The number of hydrogen-bond donors (Lipinski definition) is 1. The fraction of sp³-hybridized carbons (Fsp3) is 0.647. The van der Waals surface area contributed by atoms with E-state index in [1.54, 1.807) is 0 Å². The van der Waals surface area contributed by atoms with Crippen molar-refractivity contribution in [2.24, 2.45) is 0 Å². The van der Waals surface area contributed by atoms with Crippen molar-refractivity contribution in [1.29, 1.82) is 0 Å². The summed E-state index contributed by atoms with van der Waals surface area (Å²) >= 11 is 0. The van der Waals surface area contributed by atoms with Crippen LogP contribution in [-0.4, -0.2) is 25.8 Å². The molecule has 0 heterocycles. The molecule has 0 aliphatic carbocycles. The number of benzene rings is 1. The normalized spacial score (nSPS) is 12.6. The van der Waals surface area contributed by atoms with Crippen LogP contribution in [0.3, 0.4) is 0 Å². The van der Waals surface area contributed by atoms with Crippen LogP contribution in [0.5, 0.6) is 0 Å². The van der Waals surface area contributed by atoms with E-state index in [4.69, 9.17) is 4.74 Å². The van der Waals surface area contributed by atoms with E-state index in [9.17, 15) is 0 Å². The van der Waals surface area contributed by atoms with Gasteiger partial charge in [-0.05, 0) is 38.7 Å². The summed E-state index contributed by atoms with van der Waals surface area (Å²) in [5, 5.41) is 3.52. The molecule has 0 saturated heterocycles. The summed E-state index contributed by atoms with van der Waals surface area (Å²) in [4.78, 5) is 0. The number of nitrogens with one attached hydrogen (secondary N) is 1. The summed E-state index contributed by atoms with van der Waals surface area (Å²) in [6, 6.07) is 9.34. The average molecular weight is 263 g/mol. The third-order valence-electron chi connectivity index (χ3n) is 3.33. The highest BCUT2D eigenvalue weighted by molar-refractivity contribution is 5.22. The van der Waals surface area contributed by atoms with Gasteiger partial charge in [-0.25, -0.2) is 0 Å². The summed E-state index contributed by atoms with van der Waals surface area (Å²) in [5.74, 6) is 0. The van der Waals surface area contributed by atoms with Crippen LogP contribution < -0.4 is 5.32 Å². The quantitative estimate of drug-likeness (QED) is 0.650. The summed E-state index contributed by atoms with van der Waals surface area (Å²) in [6.45, 7) is 9.28. The van der Waals surface area contributed by atoms with Crippen molar-refractivity contribution in [1.82, 2.24) is 5.32 Å². The van der Waals surface area contributed by atoms with E-state index in [0.29, 0.717) is 6.04 Å². The van der Waals surface area contributed by atoms with E-state index >= 15 is 0 Å². The number of aryl methyl sites for hydroxylation is 2. The van der Waals surface area contributed by atoms with E-state index in [1.807, 2.05) is 0 Å². The van der Waals surface area contributed by atoms with E-state index in [1.165, 1.54) is 30.4 Å². The van der Waals surface area contributed by atoms with Crippen molar-refractivity contribution >= 4 is 0 Å². The Morgan fingerprint density at radius 2 is 2.11 bits per heavy atom. The molecule has 0 aliphatic heterocycles. The van der Waals surface area contributed by atoms with Crippen LogP contribution in [0.4, 0.5) is 0 Å². The second-order valence-electron chi connectivity index (χ2n) is 5.35. The first-order valence-electron chi connectivity index (χ1n) is 7.59. The summed E-state index contributed by atoms with van der Waals surface area (Å²) in [6.07, 6.45) is 4.70. The molecule has 0 aromatic heterocycles. The lowest BCUT2D eigenvalue weighted by Gasteiger charge is -2.14. The standard InChI is InChI=1S/C17H29NO/c1-4-5-12-19-13-11-18-16(3)9-10-17-8-6-7-15(2)14-17/h6-8,14,16,18H,4-5,9-13H2,1-3H3. The average Bonchev–Trinajstić information content (AvgIpc) is 2.40. The molecule has 1 rings (SSSR count). The van der Waals surface area contributed by atoms with Crippen LogP contribution >= 0.6 is 0 Å². The van der Waals surface area contributed by atoms with Crippen molar-refractivity contribution in [3.8, 4) is 0 Å². The largest absolute Gasteiger partial charge is 0.380 e. The molecule has 0 spiro atoms. The Hall–Kier alpha value is -0.860. The zero-order valence-corrected chi connectivity index (χ0v) is 12.7. The molecule has 2 heteroatoms. The molecule has 0 saturated carbocycles. The van der Waals surface area contributed by atoms with Gasteiger partial charge in [0.2, 0.25) is 0 Å². The Morgan fingerprint density at radius 3 is 2.84 bits per heavy atom. The van der Waals surface area contributed by atoms with E-state index < -0.39 is 0 Å². The van der Waals surface area contributed by atoms with Gasteiger partial charge in [0.25, 0.3) is 0 Å². The van der Waals surface area contributed by atoms with Crippen molar-refractivity contribution in [3.63, 3.8) is 0 Å². The second kappa shape index (κ2) is 9.99. The van der Waals surface area contributed by atoms with Gasteiger partial charge < -0.3 is 10.1 Å². The van der Waals surface area contributed by atoms with Crippen molar-refractivity contribution < 1.29 is 4.74 Å². The van der Waals surface area contributed by atoms with E-state index in [2.05, 4.69) is 50.4 Å². The van der Waals surface area contributed by atoms with Gasteiger partial charge in [-0.3, -0.25) is 0 Å². The monoisotopic (exact) mass is 263 g/mol. The number of unbranched alkanes of at least 4 members (excludes halogenated alkanes) is 1. The molecule has 1 aromatic carbocycles. The third-order valence-corrected chi connectivity index (χ3v) is 3.33. The second-order valence-corrected chi connectivity index (χ2v) is 5.35. The first-order chi connectivity index (χ1) is 9.22. The number of hydrogen-bond acceptors (Lipinski definition) is 2. The molecule has 2 nitrogen and oxygen atoms in total. The van der Waals surface area contributed by atoms with Gasteiger partial charge in [0, 0.05) is 19.2 Å². The molecule has 0 bridgehead atoms. The fourth-order valence-electron chi connectivity index (χ4n) is 2.08.